The highest BCUT2D eigenvalue weighted by Gasteiger charge is 2.30. The number of carbonyl (C=O) groups excluding carboxylic acids is 2. The van der Waals surface area contributed by atoms with Gasteiger partial charge < -0.3 is 14.4 Å². The lowest BCUT2D eigenvalue weighted by Gasteiger charge is -2.24. The maximum Gasteiger partial charge on any atom is 0.223 e. The van der Waals surface area contributed by atoms with E-state index in [1.54, 1.807) is 38.3 Å². The Labute approximate surface area is 165 Å². The normalized spacial score (nSPS) is 16.2. The molecule has 2 aromatic rings. The van der Waals surface area contributed by atoms with Gasteiger partial charge in [0.2, 0.25) is 5.91 Å². The average molecular weight is 385 g/mol. The van der Waals surface area contributed by atoms with Crippen molar-refractivity contribution in [2.24, 2.45) is 7.05 Å². The minimum Gasteiger partial charge on any atom is -0.493 e. The number of aryl methyl sites for hydroxylation is 2. The zero-order chi connectivity index (χ0) is 20.1. The van der Waals surface area contributed by atoms with Crippen LogP contribution in [0.2, 0.25) is 0 Å². The Morgan fingerprint density at radius 3 is 2.68 bits per heavy atom. The lowest BCUT2D eigenvalue weighted by atomic mass is 10.0. The fraction of sp³-hybridized carbons (Fsp3) is 0.476. The maximum absolute atomic E-state index is 12.8. The van der Waals surface area contributed by atoms with Gasteiger partial charge in [0.25, 0.3) is 0 Å². The van der Waals surface area contributed by atoms with Gasteiger partial charge in [0.05, 0.1) is 26.0 Å². The number of ether oxygens (including phenoxy) is 2. The number of Topliss-reactive ketones (excluding diaryl/α,β-unsaturated/α-hetero) is 1. The summed E-state index contributed by atoms with van der Waals surface area (Å²) in [4.78, 5) is 27.1. The first-order valence-electron chi connectivity index (χ1n) is 9.54. The number of ketones is 1. The Morgan fingerprint density at radius 2 is 2.00 bits per heavy atom. The van der Waals surface area contributed by atoms with Gasteiger partial charge in [-0.15, -0.1) is 0 Å². The van der Waals surface area contributed by atoms with Crippen LogP contribution in [-0.2, 0) is 18.3 Å². The summed E-state index contributed by atoms with van der Waals surface area (Å²) < 4.78 is 12.2. The molecular formula is C21H27N3O4. The second-order valence-corrected chi connectivity index (χ2v) is 7.10. The van der Waals surface area contributed by atoms with Gasteiger partial charge in [-0.1, -0.05) is 6.07 Å². The predicted molar refractivity (Wildman–Crippen MR) is 105 cm³/mol. The Balaban J connectivity index is 1.58. The number of hydrogen-bond donors (Lipinski definition) is 0. The first-order valence-corrected chi connectivity index (χ1v) is 9.54. The van der Waals surface area contributed by atoms with Crippen LogP contribution in [0.25, 0.3) is 0 Å². The van der Waals surface area contributed by atoms with Crippen LogP contribution in [-0.4, -0.2) is 53.2 Å². The van der Waals surface area contributed by atoms with E-state index in [1.165, 1.54) is 0 Å². The van der Waals surface area contributed by atoms with E-state index in [0.29, 0.717) is 36.3 Å². The Hall–Kier alpha value is -2.83. The molecule has 0 aliphatic carbocycles. The van der Waals surface area contributed by atoms with Crippen LogP contribution < -0.4 is 9.47 Å². The van der Waals surface area contributed by atoms with Crippen molar-refractivity contribution >= 4 is 11.7 Å². The summed E-state index contributed by atoms with van der Waals surface area (Å²) in [6, 6.07) is 5.68. The molecule has 1 fully saturated rings. The molecule has 1 aliphatic rings. The number of benzene rings is 1. The summed E-state index contributed by atoms with van der Waals surface area (Å²) in [7, 11) is 4.98. The molecule has 1 unspecified atom stereocenters. The average Bonchev–Trinajstić information content (AvgIpc) is 3.34. The van der Waals surface area contributed by atoms with Gasteiger partial charge in [0, 0.05) is 38.7 Å². The van der Waals surface area contributed by atoms with Crippen LogP contribution in [0.1, 0.15) is 41.6 Å². The molecule has 1 saturated heterocycles. The third kappa shape index (κ3) is 4.52. The van der Waals surface area contributed by atoms with Crippen molar-refractivity contribution in [2.75, 3.05) is 20.8 Å². The first-order chi connectivity index (χ1) is 13.5. The monoisotopic (exact) mass is 385 g/mol. The number of nitrogens with zero attached hydrogens (tertiary/aromatic N) is 3. The summed E-state index contributed by atoms with van der Waals surface area (Å²) in [5.74, 6) is 1.47. The van der Waals surface area contributed by atoms with Crippen molar-refractivity contribution in [3.8, 4) is 11.5 Å². The van der Waals surface area contributed by atoms with Crippen LogP contribution in [0.5, 0.6) is 11.5 Å². The molecule has 150 valence electrons. The Bertz CT molecular complexity index is 846. The van der Waals surface area contributed by atoms with E-state index in [1.807, 2.05) is 23.1 Å². The minimum absolute atomic E-state index is 0.0226. The van der Waals surface area contributed by atoms with Gasteiger partial charge in [-0.25, -0.2) is 0 Å². The molecule has 1 atom stereocenters. The summed E-state index contributed by atoms with van der Waals surface area (Å²) in [6.45, 7) is 0.718. The smallest absolute Gasteiger partial charge is 0.223 e. The third-order valence-electron chi connectivity index (χ3n) is 5.22. The zero-order valence-corrected chi connectivity index (χ0v) is 16.7. The topological polar surface area (TPSA) is 73.7 Å². The molecule has 0 spiro atoms. The van der Waals surface area contributed by atoms with Crippen molar-refractivity contribution in [2.45, 2.75) is 38.1 Å². The van der Waals surface area contributed by atoms with E-state index in [9.17, 15) is 9.59 Å². The molecule has 0 radical (unpaired) electrons. The van der Waals surface area contributed by atoms with Crippen molar-refractivity contribution in [3.05, 3.63) is 41.7 Å². The highest BCUT2D eigenvalue weighted by atomic mass is 16.5. The number of rotatable bonds is 8. The molecule has 1 aromatic carbocycles. The van der Waals surface area contributed by atoms with Crippen molar-refractivity contribution in [1.82, 2.24) is 14.7 Å². The van der Waals surface area contributed by atoms with Gasteiger partial charge in [-0.2, -0.15) is 5.10 Å². The maximum atomic E-state index is 12.8. The van der Waals surface area contributed by atoms with Crippen molar-refractivity contribution in [1.29, 1.82) is 0 Å². The van der Waals surface area contributed by atoms with E-state index in [-0.39, 0.29) is 17.7 Å². The van der Waals surface area contributed by atoms with Crippen LogP contribution in [0, 0.1) is 0 Å². The molecule has 3 rings (SSSR count). The molecule has 0 saturated carbocycles. The van der Waals surface area contributed by atoms with Gasteiger partial charge in [-0.3, -0.25) is 14.3 Å². The Kier molecular flexibility index (Phi) is 6.34. The van der Waals surface area contributed by atoms with Gasteiger partial charge in [0.1, 0.15) is 0 Å². The quantitative estimate of drug-likeness (QED) is 0.653. The molecule has 1 aliphatic heterocycles. The highest BCUT2D eigenvalue weighted by molar-refractivity contribution is 5.96. The molecular weight excluding hydrogens is 358 g/mol. The molecule has 7 heteroatoms. The number of methoxy groups -OCH3 is 2. The minimum atomic E-state index is -0.0226. The number of likely N-dealkylation sites (tertiary alicyclic amines) is 1. The number of hydrogen-bond acceptors (Lipinski definition) is 5. The highest BCUT2D eigenvalue weighted by Crippen LogP contribution is 2.28. The van der Waals surface area contributed by atoms with E-state index < -0.39 is 0 Å². The molecule has 1 aromatic heterocycles. The second kappa shape index (κ2) is 8.91. The molecule has 0 bridgehead atoms. The lowest BCUT2D eigenvalue weighted by molar-refractivity contribution is -0.131. The lowest BCUT2D eigenvalue weighted by Crippen LogP contribution is -2.37. The Morgan fingerprint density at radius 1 is 1.21 bits per heavy atom. The van der Waals surface area contributed by atoms with Crippen LogP contribution >= 0.6 is 0 Å². The summed E-state index contributed by atoms with van der Waals surface area (Å²) in [6.07, 6.45) is 6.50. The standard InChI is InChI=1S/C21H27N3O4/c1-23-14-16(13-22-23)18(25)12-17-5-4-10-24(17)21(26)9-7-15-6-8-19(27-2)20(11-15)28-3/h6,8,11,13-14,17H,4-5,7,9-10,12H2,1-3H3. The molecule has 7 nitrogen and oxygen atoms in total. The van der Waals surface area contributed by atoms with E-state index in [4.69, 9.17) is 9.47 Å². The predicted octanol–water partition coefficient (Wildman–Crippen LogP) is 2.63. The SMILES string of the molecule is COc1ccc(CCC(=O)N2CCCC2CC(=O)c2cnn(C)c2)cc1OC. The van der Waals surface area contributed by atoms with Gasteiger partial charge in [0.15, 0.2) is 17.3 Å². The molecule has 2 heterocycles. The summed E-state index contributed by atoms with van der Waals surface area (Å²) >= 11 is 0. The zero-order valence-electron chi connectivity index (χ0n) is 16.7. The van der Waals surface area contributed by atoms with Crippen molar-refractivity contribution < 1.29 is 19.1 Å². The first kappa shape index (κ1) is 19.9. The van der Waals surface area contributed by atoms with E-state index >= 15 is 0 Å². The van der Waals surface area contributed by atoms with Crippen LogP contribution in [0.4, 0.5) is 0 Å². The molecule has 1 amide bonds. The van der Waals surface area contributed by atoms with E-state index in [0.717, 1.165) is 24.9 Å². The fourth-order valence-corrected chi connectivity index (χ4v) is 3.70. The third-order valence-corrected chi connectivity index (χ3v) is 5.22. The molecule has 28 heavy (non-hydrogen) atoms. The van der Waals surface area contributed by atoms with Gasteiger partial charge >= 0.3 is 0 Å². The van der Waals surface area contributed by atoms with E-state index in [2.05, 4.69) is 5.10 Å². The second-order valence-electron chi connectivity index (χ2n) is 7.10. The number of aromatic nitrogens is 2. The largest absolute Gasteiger partial charge is 0.493 e. The molecule has 0 N–H and O–H groups in total. The number of carbonyl (C=O) groups is 2. The number of amides is 1. The van der Waals surface area contributed by atoms with Crippen LogP contribution in [0.15, 0.2) is 30.6 Å². The van der Waals surface area contributed by atoms with Crippen molar-refractivity contribution in [3.63, 3.8) is 0 Å². The fourth-order valence-electron chi connectivity index (χ4n) is 3.70. The van der Waals surface area contributed by atoms with Crippen LogP contribution in [0.3, 0.4) is 0 Å². The summed E-state index contributed by atoms with van der Waals surface area (Å²) in [5, 5.41) is 4.05. The van der Waals surface area contributed by atoms with Gasteiger partial charge in [-0.05, 0) is 37.0 Å². The summed E-state index contributed by atoms with van der Waals surface area (Å²) in [5.41, 5.74) is 1.63.